The maximum atomic E-state index is 11.7. The molecular formula is C23H30O3. The second kappa shape index (κ2) is 12.1. The van der Waals surface area contributed by atoms with Crippen molar-refractivity contribution < 1.29 is 14.3 Å². The summed E-state index contributed by atoms with van der Waals surface area (Å²) in [7, 11) is 0. The number of hydrogen-bond donors (Lipinski definition) is 0. The molecule has 0 heterocycles. The highest BCUT2D eigenvalue weighted by molar-refractivity contribution is 5.71. The Bertz CT molecular complexity index is 620. The molecule has 0 saturated carbocycles. The van der Waals surface area contributed by atoms with Gasteiger partial charge in [0.05, 0.1) is 6.61 Å². The molecule has 26 heavy (non-hydrogen) atoms. The van der Waals surface area contributed by atoms with Crippen LogP contribution in [0.2, 0.25) is 0 Å². The fourth-order valence-corrected chi connectivity index (χ4v) is 2.80. The summed E-state index contributed by atoms with van der Waals surface area (Å²) >= 11 is 0. The first-order chi connectivity index (χ1) is 12.8. The molecule has 140 valence electrons. The van der Waals surface area contributed by atoms with Crippen molar-refractivity contribution in [2.75, 3.05) is 13.2 Å². The van der Waals surface area contributed by atoms with E-state index in [4.69, 9.17) is 9.47 Å². The third-order valence-corrected chi connectivity index (χ3v) is 4.33. The summed E-state index contributed by atoms with van der Waals surface area (Å²) in [5.74, 6) is 0.376. The zero-order valence-electron chi connectivity index (χ0n) is 15.8. The van der Waals surface area contributed by atoms with Crippen LogP contribution in [0, 0.1) is 0 Å². The van der Waals surface area contributed by atoms with E-state index < -0.39 is 0 Å². The highest BCUT2D eigenvalue weighted by Gasteiger charge is 2.05. The van der Waals surface area contributed by atoms with Crippen LogP contribution in [0.3, 0.4) is 0 Å². The Morgan fingerprint density at radius 2 is 1.38 bits per heavy atom. The summed E-state index contributed by atoms with van der Waals surface area (Å²) in [5.41, 5.74) is 2.28. The number of unbranched alkanes of at least 4 members (excludes halogenated alkanes) is 6. The van der Waals surface area contributed by atoms with Crippen LogP contribution in [-0.4, -0.2) is 19.2 Å². The Morgan fingerprint density at radius 1 is 0.769 bits per heavy atom. The molecule has 2 aromatic carbocycles. The van der Waals surface area contributed by atoms with Gasteiger partial charge in [-0.2, -0.15) is 0 Å². The van der Waals surface area contributed by atoms with Crippen LogP contribution in [0.4, 0.5) is 0 Å². The molecule has 0 radical (unpaired) electrons. The van der Waals surface area contributed by atoms with Crippen LogP contribution in [0.1, 0.15) is 51.9 Å². The highest BCUT2D eigenvalue weighted by Crippen LogP contribution is 2.22. The Hall–Kier alpha value is -2.29. The largest absolute Gasteiger partial charge is 0.482 e. The topological polar surface area (TPSA) is 35.5 Å². The van der Waals surface area contributed by atoms with Gasteiger partial charge in [-0.25, -0.2) is 4.79 Å². The van der Waals surface area contributed by atoms with Crippen molar-refractivity contribution in [2.24, 2.45) is 0 Å². The van der Waals surface area contributed by atoms with Gasteiger partial charge in [-0.15, -0.1) is 0 Å². The molecule has 0 aliphatic carbocycles. The molecule has 0 atom stereocenters. The Balaban J connectivity index is 1.59. The van der Waals surface area contributed by atoms with E-state index in [1.165, 1.54) is 32.1 Å². The van der Waals surface area contributed by atoms with Crippen molar-refractivity contribution >= 4 is 5.97 Å². The van der Waals surface area contributed by atoms with Gasteiger partial charge in [0, 0.05) is 0 Å². The molecule has 0 unspecified atom stereocenters. The molecule has 0 aromatic heterocycles. The Morgan fingerprint density at radius 3 is 2.08 bits per heavy atom. The smallest absolute Gasteiger partial charge is 0.344 e. The maximum Gasteiger partial charge on any atom is 0.344 e. The molecule has 0 aliphatic rings. The van der Waals surface area contributed by atoms with Crippen LogP contribution in [0.5, 0.6) is 5.75 Å². The minimum Gasteiger partial charge on any atom is -0.482 e. The van der Waals surface area contributed by atoms with Crippen molar-refractivity contribution in [1.29, 1.82) is 0 Å². The zero-order valence-corrected chi connectivity index (χ0v) is 15.8. The molecule has 0 amide bonds. The van der Waals surface area contributed by atoms with Crippen LogP contribution in [0.25, 0.3) is 11.1 Å². The molecular weight excluding hydrogens is 324 g/mol. The SMILES string of the molecule is CCCCCCCCCOC(=O)COc1ccc(-c2ccccc2)cc1. The number of carbonyl (C=O) groups is 1. The summed E-state index contributed by atoms with van der Waals surface area (Å²) in [6, 6.07) is 17.9. The van der Waals surface area contributed by atoms with E-state index in [0.29, 0.717) is 12.4 Å². The first-order valence-corrected chi connectivity index (χ1v) is 9.73. The zero-order chi connectivity index (χ0) is 18.5. The second-order valence-corrected chi connectivity index (χ2v) is 6.52. The standard InChI is InChI=1S/C23H30O3/c1-2-3-4-5-6-7-11-18-25-23(24)19-26-22-16-14-21(15-17-22)20-12-9-8-10-13-20/h8-10,12-17H,2-7,11,18-19H2,1H3. The van der Waals surface area contributed by atoms with Gasteiger partial charge >= 0.3 is 5.97 Å². The van der Waals surface area contributed by atoms with Crippen molar-refractivity contribution in [3.63, 3.8) is 0 Å². The van der Waals surface area contributed by atoms with E-state index in [1.54, 1.807) is 0 Å². The highest BCUT2D eigenvalue weighted by atomic mass is 16.6. The van der Waals surface area contributed by atoms with Crippen LogP contribution in [-0.2, 0) is 9.53 Å². The number of carbonyl (C=O) groups excluding carboxylic acids is 1. The third kappa shape index (κ3) is 7.73. The summed E-state index contributed by atoms with van der Waals surface area (Å²) < 4.78 is 10.7. The molecule has 2 aromatic rings. The van der Waals surface area contributed by atoms with E-state index >= 15 is 0 Å². The average molecular weight is 354 g/mol. The maximum absolute atomic E-state index is 11.7. The van der Waals surface area contributed by atoms with E-state index in [2.05, 4.69) is 19.1 Å². The van der Waals surface area contributed by atoms with E-state index in [1.807, 2.05) is 42.5 Å². The lowest BCUT2D eigenvalue weighted by atomic mass is 10.1. The summed E-state index contributed by atoms with van der Waals surface area (Å²) in [6.45, 7) is 2.67. The second-order valence-electron chi connectivity index (χ2n) is 6.52. The minimum atomic E-state index is -0.303. The van der Waals surface area contributed by atoms with Gasteiger partial charge in [0.1, 0.15) is 5.75 Å². The first-order valence-electron chi connectivity index (χ1n) is 9.73. The lowest BCUT2D eigenvalue weighted by Gasteiger charge is -2.08. The van der Waals surface area contributed by atoms with Gasteiger partial charge < -0.3 is 9.47 Å². The summed E-state index contributed by atoms with van der Waals surface area (Å²) in [6.07, 6.45) is 8.46. The lowest BCUT2D eigenvalue weighted by molar-refractivity contribution is -0.146. The molecule has 0 fully saturated rings. The molecule has 0 bridgehead atoms. The van der Waals surface area contributed by atoms with Crippen molar-refractivity contribution in [3.8, 4) is 16.9 Å². The number of hydrogen-bond acceptors (Lipinski definition) is 3. The van der Waals surface area contributed by atoms with Crippen molar-refractivity contribution in [1.82, 2.24) is 0 Å². The van der Waals surface area contributed by atoms with E-state index in [-0.39, 0.29) is 12.6 Å². The number of rotatable bonds is 12. The van der Waals surface area contributed by atoms with Gasteiger partial charge in [0.15, 0.2) is 6.61 Å². The van der Waals surface area contributed by atoms with Gasteiger partial charge in [-0.05, 0) is 29.7 Å². The summed E-state index contributed by atoms with van der Waals surface area (Å²) in [4.78, 5) is 11.7. The molecule has 0 spiro atoms. The van der Waals surface area contributed by atoms with Crippen LogP contribution >= 0.6 is 0 Å². The molecule has 3 nitrogen and oxygen atoms in total. The van der Waals surface area contributed by atoms with Crippen molar-refractivity contribution in [2.45, 2.75) is 51.9 Å². The Kier molecular flexibility index (Phi) is 9.34. The van der Waals surface area contributed by atoms with Gasteiger partial charge in [-0.1, -0.05) is 87.9 Å². The van der Waals surface area contributed by atoms with Crippen molar-refractivity contribution in [3.05, 3.63) is 54.6 Å². The molecule has 2 rings (SSSR count). The third-order valence-electron chi connectivity index (χ3n) is 4.33. The fraction of sp³-hybridized carbons (Fsp3) is 0.435. The van der Waals surface area contributed by atoms with Gasteiger partial charge in [0.25, 0.3) is 0 Å². The van der Waals surface area contributed by atoms with E-state index in [0.717, 1.165) is 24.0 Å². The minimum absolute atomic E-state index is 0.0405. The predicted molar refractivity (Wildman–Crippen MR) is 106 cm³/mol. The van der Waals surface area contributed by atoms with Gasteiger partial charge in [-0.3, -0.25) is 0 Å². The quantitative estimate of drug-likeness (QED) is 0.345. The van der Waals surface area contributed by atoms with Gasteiger partial charge in [0.2, 0.25) is 0 Å². The number of benzene rings is 2. The normalized spacial score (nSPS) is 10.5. The molecule has 0 N–H and O–H groups in total. The number of esters is 1. The average Bonchev–Trinajstić information content (AvgIpc) is 2.69. The Labute approximate surface area is 157 Å². The van der Waals surface area contributed by atoms with Crippen LogP contribution < -0.4 is 4.74 Å². The van der Waals surface area contributed by atoms with Crippen LogP contribution in [0.15, 0.2) is 54.6 Å². The fourth-order valence-electron chi connectivity index (χ4n) is 2.80. The monoisotopic (exact) mass is 354 g/mol. The first kappa shape index (κ1) is 20.0. The molecule has 0 aliphatic heterocycles. The predicted octanol–water partition coefficient (Wildman–Crippen LogP) is 6.03. The summed E-state index contributed by atoms with van der Waals surface area (Å²) in [5, 5.41) is 0. The van der Waals surface area contributed by atoms with E-state index in [9.17, 15) is 4.79 Å². The molecule has 3 heteroatoms. The lowest BCUT2D eigenvalue weighted by Crippen LogP contribution is -2.15. The number of ether oxygens (including phenoxy) is 2. The molecule has 0 saturated heterocycles.